The van der Waals surface area contributed by atoms with Crippen LogP contribution in [0.5, 0.6) is 0 Å². The number of rotatable bonds is 18. The number of hydrogen-bond acceptors (Lipinski definition) is 3. The summed E-state index contributed by atoms with van der Waals surface area (Å²) in [6.45, 7) is 9.26. The van der Waals surface area contributed by atoms with Gasteiger partial charge in [-0.3, -0.25) is 4.79 Å². The fourth-order valence-corrected chi connectivity index (χ4v) is 2.99. The number of esters is 1. The van der Waals surface area contributed by atoms with E-state index in [9.17, 15) is 9.90 Å². The van der Waals surface area contributed by atoms with E-state index in [-0.39, 0.29) is 12.1 Å². The van der Waals surface area contributed by atoms with Gasteiger partial charge in [-0.2, -0.15) is 0 Å². The molecule has 0 aliphatic carbocycles. The van der Waals surface area contributed by atoms with E-state index in [0.717, 1.165) is 32.4 Å². The van der Waals surface area contributed by atoms with Crippen molar-refractivity contribution in [2.75, 3.05) is 19.8 Å². The minimum absolute atomic E-state index is 0.111. The highest BCUT2D eigenvalue weighted by Crippen LogP contribution is 2.11. The van der Waals surface area contributed by atoms with Crippen molar-refractivity contribution in [2.45, 2.75) is 110 Å². The Morgan fingerprint density at radius 1 is 0.840 bits per heavy atom. The topological polar surface area (TPSA) is 51.0 Å². The Morgan fingerprint density at radius 2 is 1.40 bits per heavy atom. The molecule has 150 valence electrons. The van der Waals surface area contributed by atoms with Crippen LogP contribution in [0.4, 0.5) is 0 Å². The predicted octanol–water partition coefficient (Wildman–Crippen LogP) is 3.86. The number of aliphatic hydroxyl groups excluding tert-OH is 1. The maximum Gasteiger partial charge on any atom is 0.310 e. The van der Waals surface area contributed by atoms with Crippen LogP contribution >= 0.6 is 0 Å². The summed E-state index contributed by atoms with van der Waals surface area (Å²) in [6, 6.07) is 0. The summed E-state index contributed by atoms with van der Waals surface area (Å²) in [7, 11) is 0. The molecule has 25 heavy (non-hydrogen) atoms. The molecule has 0 aromatic carbocycles. The van der Waals surface area contributed by atoms with Crippen molar-refractivity contribution in [1.29, 1.82) is 0 Å². The monoisotopic (exact) mass is 358 g/mol. The molecule has 0 aromatic heterocycles. The molecule has 0 aromatic rings. The molecule has 0 amide bonds. The Labute approximate surface area is 156 Å². The van der Waals surface area contributed by atoms with Crippen LogP contribution in [0.2, 0.25) is 0 Å². The van der Waals surface area contributed by atoms with Gasteiger partial charge in [-0.15, -0.1) is 0 Å². The third-order valence-electron chi connectivity index (χ3n) is 4.76. The smallest absolute Gasteiger partial charge is 0.310 e. The minimum atomic E-state index is -0.259. The van der Waals surface area contributed by atoms with Crippen molar-refractivity contribution in [3.05, 3.63) is 0 Å². The van der Waals surface area contributed by atoms with Gasteiger partial charge in [0.15, 0.2) is 0 Å². The maximum atomic E-state index is 11.9. The minimum Gasteiger partial charge on any atom is -0.415 e. The number of carbonyl (C=O) groups excluding carboxylic acids is 1. The van der Waals surface area contributed by atoms with Gasteiger partial charge in [0.25, 0.3) is 0 Å². The number of hydrogen-bond donors (Lipinski definition) is 2. The molecule has 4 heteroatoms. The van der Waals surface area contributed by atoms with Crippen LogP contribution in [0.15, 0.2) is 0 Å². The molecule has 0 aliphatic heterocycles. The first-order chi connectivity index (χ1) is 12.1. The lowest BCUT2D eigenvalue weighted by atomic mass is 10.0. The summed E-state index contributed by atoms with van der Waals surface area (Å²) in [5, 5.41) is 9.97. The molecule has 0 saturated heterocycles. The molecule has 0 aliphatic rings. The molecule has 0 bridgehead atoms. The molecule has 0 fully saturated rings. The molecule has 1 unspecified atom stereocenters. The third-order valence-corrected chi connectivity index (χ3v) is 4.76. The van der Waals surface area contributed by atoms with Crippen molar-refractivity contribution < 1.29 is 19.5 Å². The zero-order valence-corrected chi connectivity index (χ0v) is 17.2. The maximum absolute atomic E-state index is 11.9. The summed E-state index contributed by atoms with van der Waals surface area (Å²) in [4.78, 5) is 13.3. The largest absolute Gasteiger partial charge is 0.415 e. The fourth-order valence-electron chi connectivity index (χ4n) is 2.99. The van der Waals surface area contributed by atoms with Crippen molar-refractivity contribution in [2.24, 2.45) is 0 Å². The van der Waals surface area contributed by atoms with Gasteiger partial charge in [-0.1, -0.05) is 65.7 Å². The SMILES string of the molecule is CCCCCCCC(O)CCCC(=O)OC[NH+](CCCC)CCCC. The van der Waals surface area contributed by atoms with E-state index in [1.807, 2.05) is 0 Å². The summed E-state index contributed by atoms with van der Waals surface area (Å²) >= 11 is 0. The van der Waals surface area contributed by atoms with Crippen molar-refractivity contribution in [3.63, 3.8) is 0 Å². The van der Waals surface area contributed by atoms with Gasteiger partial charge >= 0.3 is 5.97 Å². The van der Waals surface area contributed by atoms with Crippen LogP contribution in [-0.2, 0) is 9.53 Å². The van der Waals surface area contributed by atoms with E-state index in [1.165, 1.54) is 56.3 Å². The summed E-state index contributed by atoms with van der Waals surface area (Å²) in [5.41, 5.74) is 0. The average Bonchev–Trinajstić information content (AvgIpc) is 2.61. The summed E-state index contributed by atoms with van der Waals surface area (Å²) in [6.07, 6.45) is 13.3. The van der Waals surface area contributed by atoms with E-state index >= 15 is 0 Å². The van der Waals surface area contributed by atoms with E-state index in [4.69, 9.17) is 4.74 Å². The molecule has 4 nitrogen and oxygen atoms in total. The molecular weight excluding hydrogens is 314 g/mol. The Hall–Kier alpha value is -0.610. The highest BCUT2D eigenvalue weighted by atomic mass is 16.5. The predicted molar refractivity (Wildman–Crippen MR) is 105 cm³/mol. The van der Waals surface area contributed by atoms with Crippen molar-refractivity contribution in [1.82, 2.24) is 0 Å². The van der Waals surface area contributed by atoms with Gasteiger partial charge in [0.2, 0.25) is 6.73 Å². The van der Waals surface area contributed by atoms with Crippen LogP contribution < -0.4 is 4.90 Å². The molecule has 2 N–H and O–H groups in total. The third kappa shape index (κ3) is 16.6. The lowest BCUT2D eigenvalue weighted by Crippen LogP contribution is -3.12. The van der Waals surface area contributed by atoms with Gasteiger partial charge in [-0.25, -0.2) is 0 Å². The second kappa shape index (κ2) is 18.2. The van der Waals surface area contributed by atoms with E-state index in [1.54, 1.807) is 0 Å². The summed E-state index contributed by atoms with van der Waals surface area (Å²) in [5.74, 6) is -0.111. The van der Waals surface area contributed by atoms with E-state index < -0.39 is 0 Å². The Bertz CT molecular complexity index is 289. The molecule has 0 spiro atoms. The van der Waals surface area contributed by atoms with Gasteiger partial charge < -0.3 is 14.7 Å². The van der Waals surface area contributed by atoms with Crippen molar-refractivity contribution in [3.8, 4) is 0 Å². The first kappa shape index (κ1) is 24.4. The van der Waals surface area contributed by atoms with Gasteiger partial charge in [-0.05, 0) is 32.1 Å². The molecule has 0 heterocycles. The van der Waals surface area contributed by atoms with Crippen LogP contribution in [-0.4, -0.2) is 37.0 Å². The second-order valence-electron chi connectivity index (χ2n) is 7.37. The standard InChI is InChI=1S/C21H43NO3/c1-4-7-10-11-12-14-20(23)15-13-16-21(24)25-19-22(17-8-5-2)18-9-6-3/h20,23H,4-19H2,1-3H3/p+1. The number of quaternary nitrogens is 1. The van der Waals surface area contributed by atoms with Gasteiger partial charge in [0, 0.05) is 6.42 Å². The molecule has 0 radical (unpaired) electrons. The molecule has 0 rings (SSSR count). The molecular formula is C21H44NO3+. The zero-order valence-electron chi connectivity index (χ0n) is 17.2. The average molecular weight is 359 g/mol. The van der Waals surface area contributed by atoms with Crippen LogP contribution in [0, 0.1) is 0 Å². The molecule has 0 saturated carbocycles. The Balaban J connectivity index is 3.71. The van der Waals surface area contributed by atoms with E-state index in [2.05, 4.69) is 20.8 Å². The molecule has 1 atom stereocenters. The first-order valence-corrected chi connectivity index (χ1v) is 10.8. The number of ether oxygens (including phenoxy) is 1. The first-order valence-electron chi connectivity index (χ1n) is 10.8. The van der Waals surface area contributed by atoms with Crippen LogP contribution in [0.3, 0.4) is 0 Å². The van der Waals surface area contributed by atoms with Crippen LogP contribution in [0.25, 0.3) is 0 Å². The summed E-state index contributed by atoms with van der Waals surface area (Å²) < 4.78 is 5.45. The Morgan fingerprint density at radius 3 is 2.00 bits per heavy atom. The van der Waals surface area contributed by atoms with Gasteiger partial charge in [0.05, 0.1) is 19.2 Å². The normalized spacial score (nSPS) is 12.5. The number of nitrogens with one attached hydrogen (secondary N) is 1. The highest BCUT2D eigenvalue weighted by molar-refractivity contribution is 5.69. The number of carbonyl (C=O) groups is 1. The van der Waals surface area contributed by atoms with Crippen molar-refractivity contribution >= 4 is 5.97 Å². The lowest BCUT2D eigenvalue weighted by molar-refractivity contribution is -0.917. The Kier molecular flexibility index (Phi) is 17.7. The van der Waals surface area contributed by atoms with Crippen LogP contribution in [0.1, 0.15) is 104 Å². The zero-order chi connectivity index (χ0) is 18.8. The number of aliphatic hydroxyl groups is 1. The van der Waals surface area contributed by atoms with E-state index in [0.29, 0.717) is 19.6 Å². The van der Waals surface area contributed by atoms with Gasteiger partial charge in [0.1, 0.15) is 0 Å². The number of unbranched alkanes of at least 4 members (excludes halogenated alkanes) is 6. The fraction of sp³-hybridized carbons (Fsp3) is 0.952. The highest BCUT2D eigenvalue weighted by Gasteiger charge is 2.12. The lowest BCUT2D eigenvalue weighted by Gasteiger charge is -2.18. The second-order valence-corrected chi connectivity index (χ2v) is 7.37. The quantitative estimate of drug-likeness (QED) is 0.222.